The molecule has 2 nitrogen and oxygen atoms in total. The minimum Gasteiger partial charge on any atom is -0.326 e. The third-order valence-electron chi connectivity index (χ3n) is 1.86. The normalized spacial score (nSPS) is 15.5. The number of rotatable bonds is 3. The van der Waals surface area contributed by atoms with Gasteiger partial charge in [0.2, 0.25) is 0 Å². The van der Waals surface area contributed by atoms with E-state index in [-0.39, 0.29) is 11.5 Å². The zero-order chi connectivity index (χ0) is 9.07. The van der Waals surface area contributed by atoms with E-state index in [0.29, 0.717) is 6.04 Å². The standard InChI is InChI=1S/C9H22N2/c1-7(2)11-6-8(10)9(3,4)5/h7-8,11H,6,10H2,1-5H3. The van der Waals surface area contributed by atoms with Crippen molar-refractivity contribution in [2.75, 3.05) is 6.54 Å². The molecular weight excluding hydrogens is 136 g/mol. The predicted octanol–water partition coefficient (Wildman–Crippen LogP) is 1.36. The van der Waals surface area contributed by atoms with E-state index in [2.05, 4.69) is 39.9 Å². The SMILES string of the molecule is CC(C)NCC(N)C(C)(C)C. The highest BCUT2D eigenvalue weighted by Gasteiger charge is 2.19. The van der Waals surface area contributed by atoms with Crippen LogP contribution in [0.2, 0.25) is 0 Å². The maximum atomic E-state index is 5.94. The van der Waals surface area contributed by atoms with Gasteiger partial charge in [0.15, 0.2) is 0 Å². The Labute approximate surface area is 70.5 Å². The first-order valence-electron chi connectivity index (χ1n) is 4.33. The summed E-state index contributed by atoms with van der Waals surface area (Å²) in [6, 6.07) is 0.772. The van der Waals surface area contributed by atoms with Crippen LogP contribution in [0.4, 0.5) is 0 Å². The van der Waals surface area contributed by atoms with Gasteiger partial charge >= 0.3 is 0 Å². The number of hydrogen-bond donors (Lipinski definition) is 2. The molecule has 2 heteroatoms. The summed E-state index contributed by atoms with van der Waals surface area (Å²) in [7, 11) is 0. The van der Waals surface area contributed by atoms with E-state index >= 15 is 0 Å². The molecule has 0 heterocycles. The summed E-state index contributed by atoms with van der Waals surface area (Å²) in [5.74, 6) is 0. The number of nitrogens with one attached hydrogen (secondary N) is 1. The van der Waals surface area contributed by atoms with E-state index in [1.165, 1.54) is 0 Å². The Morgan fingerprint density at radius 3 is 2.00 bits per heavy atom. The van der Waals surface area contributed by atoms with Crippen LogP contribution in [0, 0.1) is 5.41 Å². The number of hydrogen-bond acceptors (Lipinski definition) is 2. The Hall–Kier alpha value is -0.0800. The maximum absolute atomic E-state index is 5.94. The third-order valence-corrected chi connectivity index (χ3v) is 1.86. The third kappa shape index (κ3) is 5.22. The molecule has 0 rings (SSSR count). The van der Waals surface area contributed by atoms with E-state index in [9.17, 15) is 0 Å². The second-order valence-electron chi connectivity index (χ2n) is 4.54. The molecule has 0 aromatic heterocycles. The van der Waals surface area contributed by atoms with E-state index in [1.54, 1.807) is 0 Å². The maximum Gasteiger partial charge on any atom is 0.0214 e. The highest BCUT2D eigenvalue weighted by Crippen LogP contribution is 2.16. The summed E-state index contributed by atoms with van der Waals surface area (Å²) in [5.41, 5.74) is 6.15. The van der Waals surface area contributed by atoms with Crippen LogP contribution >= 0.6 is 0 Å². The van der Waals surface area contributed by atoms with Crippen LogP contribution in [0.3, 0.4) is 0 Å². The fourth-order valence-corrected chi connectivity index (χ4v) is 0.669. The molecule has 0 spiro atoms. The van der Waals surface area contributed by atoms with Gasteiger partial charge in [0.25, 0.3) is 0 Å². The lowest BCUT2D eigenvalue weighted by molar-refractivity contribution is 0.304. The topological polar surface area (TPSA) is 38.0 Å². The highest BCUT2D eigenvalue weighted by molar-refractivity contribution is 4.79. The Morgan fingerprint density at radius 1 is 1.27 bits per heavy atom. The summed E-state index contributed by atoms with van der Waals surface area (Å²) in [6.45, 7) is 11.7. The van der Waals surface area contributed by atoms with Crippen molar-refractivity contribution in [3.8, 4) is 0 Å². The van der Waals surface area contributed by atoms with Gasteiger partial charge < -0.3 is 11.1 Å². The Balaban J connectivity index is 3.61. The van der Waals surface area contributed by atoms with Crippen molar-refractivity contribution >= 4 is 0 Å². The molecule has 1 unspecified atom stereocenters. The monoisotopic (exact) mass is 158 g/mol. The lowest BCUT2D eigenvalue weighted by Gasteiger charge is -2.27. The molecule has 0 aromatic rings. The fraction of sp³-hybridized carbons (Fsp3) is 1.00. The quantitative estimate of drug-likeness (QED) is 0.651. The largest absolute Gasteiger partial charge is 0.326 e. The van der Waals surface area contributed by atoms with Crippen molar-refractivity contribution in [1.29, 1.82) is 0 Å². The van der Waals surface area contributed by atoms with Crippen LogP contribution in [-0.4, -0.2) is 18.6 Å². The van der Waals surface area contributed by atoms with Crippen molar-refractivity contribution < 1.29 is 0 Å². The lowest BCUT2D eigenvalue weighted by Crippen LogP contribution is -2.45. The molecule has 1 atom stereocenters. The van der Waals surface area contributed by atoms with Gasteiger partial charge in [-0.05, 0) is 5.41 Å². The molecule has 3 N–H and O–H groups in total. The van der Waals surface area contributed by atoms with Gasteiger partial charge in [-0.25, -0.2) is 0 Å². The van der Waals surface area contributed by atoms with Crippen molar-refractivity contribution in [3.05, 3.63) is 0 Å². The Morgan fingerprint density at radius 2 is 1.73 bits per heavy atom. The molecule has 68 valence electrons. The Kier molecular flexibility index (Phi) is 4.04. The molecular formula is C9H22N2. The van der Waals surface area contributed by atoms with E-state index < -0.39 is 0 Å². The summed E-state index contributed by atoms with van der Waals surface area (Å²) in [5, 5.41) is 3.33. The van der Waals surface area contributed by atoms with Crippen LogP contribution in [-0.2, 0) is 0 Å². The van der Waals surface area contributed by atoms with E-state index in [4.69, 9.17) is 5.73 Å². The average molecular weight is 158 g/mol. The van der Waals surface area contributed by atoms with E-state index in [0.717, 1.165) is 6.54 Å². The minimum absolute atomic E-state index is 0.210. The van der Waals surface area contributed by atoms with Crippen LogP contribution in [0.5, 0.6) is 0 Å². The van der Waals surface area contributed by atoms with Crippen LogP contribution in [0.25, 0.3) is 0 Å². The summed E-state index contributed by atoms with van der Waals surface area (Å²) in [6.07, 6.45) is 0. The summed E-state index contributed by atoms with van der Waals surface area (Å²) in [4.78, 5) is 0. The van der Waals surface area contributed by atoms with Crippen molar-refractivity contribution in [1.82, 2.24) is 5.32 Å². The second kappa shape index (κ2) is 4.07. The van der Waals surface area contributed by atoms with Gasteiger partial charge in [0.05, 0.1) is 0 Å². The molecule has 0 saturated carbocycles. The van der Waals surface area contributed by atoms with Gasteiger partial charge in [-0.15, -0.1) is 0 Å². The zero-order valence-electron chi connectivity index (χ0n) is 8.44. The molecule has 0 saturated heterocycles. The molecule has 0 aliphatic carbocycles. The van der Waals surface area contributed by atoms with Gasteiger partial charge in [0, 0.05) is 18.6 Å². The van der Waals surface area contributed by atoms with Gasteiger partial charge in [0.1, 0.15) is 0 Å². The first-order valence-corrected chi connectivity index (χ1v) is 4.33. The van der Waals surface area contributed by atoms with Gasteiger partial charge in [-0.3, -0.25) is 0 Å². The predicted molar refractivity (Wildman–Crippen MR) is 50.6 cm³/mol. The van der Waals surface area contributed by atoms with Crippen molar-refractivity contribution in [3.63, 3.8) is 0 Å². The molecule has 0 radical (unpaired) electrons. The second-order valence-corrected chi connectivity index (χ2v) is 4.54. The fourth-order valence-electron chi connectivity index (χ4n) is 0.669. The van der Waals surface area contributed by atoms with Gasteiger partial charge in [-0.1, -0.05) is 34.6 Å². The first kappa shape index (κ1) is 10.9. The molecule has 0 aliphatic rings. The first-order chi connectivity index (χ1) is 4.84. The minimum atomic E-state index is 0.210. The number of nitrogens with two attached hydrogens (primary N) is 1. The zero-order valence-corrected chi connectivity index (χ0v) is 8.44. The molecule has 0 aliphatic heterocycles. The van der Waals surface area contributed by atoms with Crippen molar-refractivity contribution in [2.24, 2.45) is 11.1 Å². The van der Waals surface area contributed by atoms with Crippen molar-refractivity contribution in [2.45, 2.75) is 46.7 Å². The van der Waals surface area contributed by atoms with Crippen LogP contribution in [0.1, 0.15) is 34.6 Å². The smallest absolute Gasteiger partial charge is 0.0214 e. The molecule has 0 fully saturated rings. The molecule has 0 bridgehead atoms. The summed E-state index contributed by atoms with van der Waals surface area (Å²) >= 11 is 0. The van der Waals surface area contributed by atoms with E-state index in [1.807, 2.05) is 0 Å². The molecule has 0 aromatic carbocycles. The molecule has 11 heavy (non-hydrogen) atoms. The molecule has 0 amide bonds. The van der Waals surface area contributed by atoms with Crippen LogP contribution in [0.15, 0.2) is 0 Å². The average Bonchev–Trinajstić information content (AvgIpc) is 1.80. The highest BCUT2D eigenvalue weighted by atomic mass is 14.9. The van der Waals surface area contributed by atoms with Crippen LogP contribution < -0.4 is 11.1 Å². The Bertz CT molecular complexity index is 103. The van der Waals surface area contributed by atoms with Gasteiger partial charge in [-0.2, -0.15) is 0 Å². The summed E-state index contributed by atoms with van der Waals surface area (Å²) < 4.78 is 0. The lowest BCUT2D eigenvalue weighted by atomic mass is 9.87.